The maximum atomic E-state index is 2.47. The lowest BCUT2D eigenvalue weighted by Gasteiger charge is -2.25. The molecule has 0 aromatic carbocycles. The summed E-state index contributed by atoms with van der Waals surface area (Å²) in [7, 11) is 0. The highest BCUT2D eigenvalue weighted by molar-refractivity contribution is 5.22. The molecule has 14 heavy (non-hydrogen) atoms. The van der Waals surface area contributed by atoms with E-state index in [1.807, 2.05) is 0 Å². The summed E-state index contributed by atoms with van der Waals surface area (Å²) in [4.78, 5) is 0. The van der Waals surface area contributed by atoms with E-state index in [2.05, 4.69) is 33.8 Å². The molecule has 0 spiro atoms. The van der Waals surface area contributed by atoms with E-state index < -0.39 is 0 Å². The Labute approximate surface area is 89.1 Å². The predicted molar refractivity (Wildman–Crippen MR) is 64.4 cm³/mol. The molecule has 0 nitrogen and oxygen atoms in total. The molecule has 0 heterocycles. The van der Waals surface area contributed by atoms with Gasteiger partial charge in [-0.05, 0) is 52.4 Å². The van der Waals surface area contributed by atoms with Crippen molar-refractivity contribution in [2.75, 3.05) is 0 Å². The summed E-state index contributed by atoms with van der Waals surface area (Å²) in [5, 5.41) is 0. The van der Waals surface area contributed by atoms with E-state index in [9.17, 15) is 0 Å². The van der Waals surface area contributed by atoms with Gasteiger partial charge in [0.05, 0.1) is 0 Å². The van der Waals surface area contributed by atoms with Crippen molar-refractivity contribution in [3.63, 3.8) is 0 Å². The second-order valence-corrected chi connectivity index (χ2v) is 4.76. The van der Waals surface area contributed by atoms with Gasteiger partial charge in [-0.25, -0.2) is 0 Å². The Morgan fingerprint density at radius 1 is 1.29 bits per heavy atom. The molecule has 0 aromatic heterocycles. The zero-order chi connectivity index (χ0) is 10.6. The van der Waals surface area contributed by atoms with Gasteiger partial charge in [0.1, 0.15) is 0 Å². The number of hydrogen-bond donors (Lipinski definition) is 0. The predicted octanol–water partition coefficient (Wildman–Crippen LogP) is 4.87. The van der Waals surface area contributed by atoms with Crippen LogP contribution in [0.4, 0.5) is 0 Å². The van der Waals surface area contributed by atoms with Crippen molar-refractivity contribution in [1.29, 1.82) is 0 Å². The number of hydrogen-bond acceptors (Lipinski definition) is 0. The Kier molecular flexibility index (Phi) is 4.44. The molecule has 0 aliphatic heterocycles. The van der Waals surface area contributed by atoms with E-state index >= 15 is 0 Å². The van der Waals surface area contributed by atoms with Crippen LogP contribution in [0.25, 0.3) is 0 Å². The largest absolute Gasteiger partial charge is 0.0798 e. The fraction of sp³-hybridized carbons (Fsp3) is 0.714. The quantitative estimate of drug-likeness (QED) is 0.548. The molecule has 0 amide bonds. The Hall–Kier alpha value is -0.520. The van der Waals surface area contributed by atoms with Gasteiger partial charge < -0.3 is 0 Å². The van der Waals surface area contributed by atoms with Crippen LogP contribution in [0.1, 0.15) is 59.8 Å². The minimum absolute atomic E-state index is 0.758. The van der Waals surface area contributed by atoms with Crippen molar-refractivity contribution < 1.29 is 0 Å². The summed E-state index contributed by atoms with van der Waals surface area (Å²) < 4.78 is 0. The Balaban J connectivity index is 2.84. The Bertz CT molecular complexity index is 239. The van der Waals surface area contributed by atoms with E-state index in [-0.39, 0.29) is 0 Å². The zero-order valence-electron chi connectivity index (χ0n) is 10.2. The average Bonchev–Trinajstić information content (AvgIpc) is 2.16. The van der Waals surface area contributed by atoms with Gasteiger partial charge in [0, 0.05) is 0 Å². The molecule has 1 saturated carbocycles. The van der Waals surface area contributed by atoms with Crippen molar-refractivity contribution in [3.8, 4) is 0 Å². The van der Waals surface area contributed by atoms with Crippen molar-refractivity contribution in [3.05, 3.63) is 22.8 Å². The van der Waals surface area contributed by atoms with E-state index in [1.165, 1.54) is 37.7 Å². The fourth-order valence-corrected chi connectivity index (χ4v) is 2.38. The van der Waals surface area contributed by atoms with Gasteiger partial charge in [-0.2, -0.15) is 0 Å². The molecule has 1 atom stereocenters. The second kappa shape index (κ2) is 5.38. The van der Waals surface area contributed by atoms with Crippen LogP contribution in [0.3, 0.4) is 0 Å². The Morgan fingerprint density at radius 2 is 2.00 bits per heavy atom. The van der Waals surface area contributed by atoms with Crippen molar-refractivity contribution in [2.45, 2.75) is 59.8 Å². The SMILES string of the molecule is CC/C(C)=C1\CCCCC1C=C(C)C. The summed E-state index contributed by atoms with van der Waals surface area (Å²) in [5.41, 5.74) is 4.84. The molecule has 0 radical (unpaired) electrons. The lowest BCUT2D eigenvalue weighted by Crippen LogP contribution is -2.09. The summed E-state index contributed by atoms with van der Waals surface area (Å²) >= 11 is 0. The molecule has 80 valence electrons. The lowest BCUT2D eigenvalue weighted by atomic mass is 9.80. The number of allylic oxidation sites excluding steroid dienone is 4. The minimum atomic E-state index is 0.758. The maximum absolute atomic E-state index is 2.47. The third-order valence-corrected chi connectivity index (χ3v) is 3.27. The first-order valence-corrected chi connectivity index (χ1v) is 5.98. The molecule has 1 rings (SSSR count). The van der Waals surface area contributed by atoms with Gasteiger partial charge in [-0.3, -0.25) is 0 Å². The van der Waals surface area contributed by atoms with E-state index in [0.29, 0.717) is 0 Å². The second-order valence-electron chi connectivity index (χ2n) is 4.76. The third kappa shape index (κ3) is 3.01. The summed E-state index contributed by atoms with van der Waals surface area (Å²) in [6.07, 6.45) is 9.22. The van der Waals surface area contributed by atoms with Gasteiger partial charge in [0.15, 0.2) is 0 Å². The van der Waals surface area contributed by atoms with Gasteiger partial charge in [-0.15, -0.1) is 0 Å². The monoisotopic (exact) mass is 192 g/mol. The molecule has 1 aliphatic rings. The van der Waals surface area contributed by atoms with Crippen LogP contribution in [0.15, 0.2) is 22.8 Å². The Morgan fingerprint density at radius 3 is 2.57 bits per heavy atom. The first-order chi connectivity index (χ1) is 6.65. The van der Waals surface area contributed by atoms with Gasteiger partial charge in [0.2, 0.25) is 0 Å². The molecule has 1 fully saturated rings. The highest BCUT2D eigenvalue weighted by atomic mass is 14.2. The van der Waals surface area contributed by atoms with E-state index in [1.54, 1.807) is 11.1 Å². The highest BCUT2D eigenvalue weighted by Crippen LogP contribution is 2.33. The van der Waals surface area contributed by atoms with Crippen LogP contribution >= 0.6 is 0 Å². The topological polar surface area (TPSA) is 0 Å². The van der Waals surface area contributed by atoms with E-state index in [4.69, 9.17) is 0 Å². The van der Waals surface area contributed by atoms with Gasteiger partial charge in [0.25, 0.3) is 0 Å². The van der Waals surface area contributed by atoms with Crippen molar-refractivity contribution in [2.24, 2.45) is 5.92 Å². The molecular formula is C14H24. The molecule has 1 aliphatic carbocycles. The molecule has 0 N–H and O–H groups in total. The van der Waals surface area contributed by atoms with Crippen LogP contribution in [-0.4, -0.2) is 0 Å². The highest BCUT2D eigenvalue weighted by Gasteiger charge is 2.17. The zero-order valence-corrected chi connectivity index (χ0v) is 10.2. The molecule has 0 saturated heterocycles. The third-order valence-electron chi connectivity index (χ3n) is 3.27. The van der Waals surface area contributed by atoms with Crippen LogP contribution in [0.2, 0.25) is 0 Å². The molecule has 1 unspecified atom stereocenters. The molecule has 0 bridgehead atoms. The fourth-order valence-electron chi connectivity index (χ4n) is 2.38. The summed E-state index contributed by atoms with van der Waals surface area (Å²) in [6.45, 7) is 9.02. The van der Waals surface area contributed by atoms with E-state index in [0.717, 1.165) is 5.92 Å². The van der Waals surface area contributed by atoms with Crippen molar-refractivity contribution >= 4 is 0 Å². The van der Waals surface area contributed by atoms with Crippen LogP contribution < -0.4 is 0 Å². The van der Waals surface area contributed by atoms with Crippen LogP contribution in [0.5, 0.6) is 0 Å². The average molecular weight is 192 g/mol. The van der Waals surface area contributed by atoms with Crippen LogP contribution in [0, 0.1) is 5.92 Å². The van der Waals surface area contributed by atoms with Crippen LogP contribution in [-0.2, 0) is 0 Å². The molecular weight excluding hydrogens is 168 g/mol. The van der Waals surface area contributed by atoms with Crippen molar-refractivity contribution in [1.82, 2.24) is 0 Å². The minimum Gasteiger partial charge on any atom is -0.0798 e. The summed E-state index contributed by atoms with van der Waals surface area (Å²) in [5.74, 6) is 0.758. The first kappa shape index (κ1) is 11.6. The lowest BCUT2D eigenvalue weighted by molar-refractivity contribution is 0.510. The molecule has 0 aromatic rings. The standard InChI is InChI=1S/C14H24/c1-5-12(4)14-9-7-6-8-13(14)10-11(2)3/h10,13H,5-9H2,1-4H3/b14-12+. The smallest absolute Gasteiger partial charge is 0.00182 e. The maximum Gasteiger partial charge on any atom is -0.00182 e. The number of rotatable bonds is 2. The van der Waals surface area contributed by atoms with Gasteiger partial charge in [-0.1, -0.05) is 36.1 Å². The normalized spacial score (nSPS) is 25.9. The van der Waals surface area contributed by atoms with Gasteiger partial charge >= 0.3 is 0 Å². The first-order valence-electron chi connectivity index (χ1n) is 5.98. The molecule has 0 heteroatoms. The summed E-state index contributed by atoms with van der Waals surface area (Å²) in [6, 6.07) is 0.